The minimum Gasteiger partial charge on any atom is -0.497 e. The van der Waals surface area contributed by atoms with Gasteiger partial charge in [0.2, 0.25) is 0 Å². The minimum atomic E-state index is -0.912. The molecule has 0 bridgehead atoms. The Morgan fingerprint density at radius 1 is 1.50 bits per heavy atom. The summed E-state index contributed by atoms with van der Waals surface area (Å²) in [6.07, 6.45) is -0.109. The fourth-order valence-corrected chi connectivity index (χ4v) is 1.74. The number of rotatable bonds is 4. The van der Waals surface area contributed by atoms with E-state index in [-0.39, 0.29) is 6.42 Å². The molecule has 0 saturated heterocycles. The van der Waals surface area contributed by atoms with Crippen molar-refractivity contribution >= 4 is 5.97 Å². The predicted molar refractivity (Wildman–Crippen MR) is 64.6 cm³/mol. The van der Waals surface area contributed by atoms with Crippen molar-refractivity contribution in [2.75, 3.05) is 7.11 Å². The largest absolute Gasteiger partial charge is 0.497 e. The van der Waals surface area contributed by atoms with Crippen LogP contribution in [0.5, 0.6) is 5.75 Å². The third kappa shape index (κ3) is 2.34. The van der Waals surface area contributed by atoms with Crippen LogP contribution in [0.25, 0.3) is 11.3 Å². The molecule has 1 N–H and O–H groups in total. The fourth-order valence-electron chi connectivity index (χ4n) is 1.74. The van der Waals surface area contributed by atoms with E-state index in [0.717, 1.165) is 5.56 Å². The standard InChI is InChI=1S/C13H13NO4/c1-8-11(7-12(15)16)13(18-14-8)9-4-3-5-10(6-9)17-2/h3-6H,7H2,1-2H3,(H,15,16). The summed E-state index contributed by atoms with van der Waals surface area (Å²) in [5.41, 5.74) is 1.94. The van der Waals surface area contributed by atoms with Crippen LogP contribution in [0, 0.1) is 6.92 Å². The molecule has 2 aromatic rings. The Balaban J connectivity index is 2.46. The number of ether oxygens (including phenoxy) is 1. The van der Waals surface area contributed by atoms with Crippen LogP contribution in [0.4, 0.5) is 0 Å². The number of carboxylic acid groups (broad SMARTS) is 1. The Morgan fingerprint density at radius 3 is 2.94 bits per heavy atom. The van der Waals surface area contributed by atoms with Gasteiger partial charge in [0, 0.05) is 11.1 Å². The number of aryl methyl sites for hydroxylation is 1. The van der Waals surface area contributed by atoms with Crippen molar-refractivity contribution < 1.29 is 19.2 Å². The average Bonchev–Trinajstić information content (AvgIpc) is 2.71. The van der Waals surface area contributed by atoms with Gasteiger partial charge < -0.3 is 14.4 Å². The van der Waals surface area contributed by atoms with E-state index in [1.807, 2.05) is 18.2 Å². The number of carbonyl (C=O) groups is 1. The molecule has 0 radical (unpaired) electrons. The highest BCUT2D eigenvalue weighted by Crippen LogP contribution is 2.29. The summed E-state index contributed by atoms with van der Waals surface area (Å²) in [5, 5.41) is 12.7. The Morgan fingerprint density at radius 2 is 2.28 bits per heavy atom. The van der Waals surface area contributed by atoms with Crippen LogP contribution in [0.3, 0.4) is 0 Å². The van der Waals surface area contributed by atoms with Crippen molar-refractivity contribution in [1.29, 1.82) is 0 Å². The molecule has 5 heteroatoms. The lowest BCUT2D eigenvalue weighted by molar-refractivity contribution is -0.136. The normalized spacial score (nSPS) is 10.3. The molecule has 0 aliphatic heterocycles. The van der Waals surface area contributed by atoms with Gasteiger partial charge in [-0.25, -0.2) is 0 Å². The monoisotopic (exact) mass is 247 g/mol. The van der Waals surface area contributed by atoms with Gasteiger partial charge in [-0.1, -0.05) is 17.3 Å². The summed E-state index contributed by atoms with van der Waals surface area (Å²) in [7, 11) is 1.57. The molecule has 5 nitrogen and oxygen atoms in total. The molecule has 1 heterocycles. The molecule has 2 rings (SSSR count). The van der Waals surface area contributed by atoms with Gasteiger partial charge >= 0.3 is 5.97 Å². The lowest BCUT2D eigenvalue weighted by Crippen LogP contribution is -2.01. The Hall–Kier alpha value is -2.30. The van der Waals surface area contributed by atoms with Crippen LogP contribution in [-0.4, -0.2) is 23.3 Å². The molecule has 0 saturated carbocycles. The van der Waals surface area contributed by atoms with Crippen LogP contribution in [-0.2, 0) is 11.2 Å². The lowest BCUT2D eigenvalue weighted by Gasteiger charge is -2.03. The zero-order chi connectivity index (χ0) is 13.1. The Labute approximate surface area is 104 Å². The number of hydrogen-bond donors (Lipinski definition) is 1. The number of aromatic nitrogens is 1. The van der Waals surface area contributed by atoms with E-state index in [1.54, 1.807) is 20.1 Å². The second-order valence-corrected chi connectivity index (χ2v) is 3.88. The number of carboxylic acids is 1. The van der Waals surface area contributed by atoms with E-state index < -0.39 is 5.97 Å². The maximum Gasteiger partial charge on any atom is 0.308 e. The number of benzene rings is 1. The van der Waals surface area contributed by atoms with Crippen molar-refractivity contribution in [1.82, 2.24) is 5.16 Å². The van der Waals surface area contributed by atoms with Crippen LogP contribution < -0.4 is 4.74 Å². The summed E-state index contributed by atoms with van der Waals surface area (Å²) in [4.78, 5) is 10.8. The van der Waals surface area contributed by atoms with Crippen molar-refractivity contribution in [3.8, 4) is 17.1 Å². The first-order valence-corrected chi connectivity index (χ1v) is 5.43. The van der Waals surface area contributed by atoms with Gasteiger partial charge in [0.1, 0.15) is 5.75 Å². The van der Waals surface area contributed by atoms with Crippen LogP contribution >= 0.6 is 0 Å². The molecular weight excluding hydrogens is 234 g/mol. The summed E-state index contributed by atoms with van der Waals surface area (Å²) >= 11 is 0. The zero-order valence-corrected chi connectivity index (χ0v) is 10.1. The van der Waals surface area contributed by atoms with Gasteiger partial charge in [0.05, 0.1) is 19.2 Å². The van der Waals surface area contributed by atoms with E-state index >= 15 is 0 Å². The van der Waals surface area contributed by atoms with Crippen molar-refractivity contribution in [3.63, 3.8) is 0 Å². The van der Waals surface area contributed by atoms with E-state index in [4.69, 9.17) is 14.4 Å². The van der Waals surface area contributed by atoms with E-state index in [0.29, 0.717) is 22.8 Å². The smallest absolute Gasteiger partial charge is 0.308 e. The van der Waals surface area contributed by atoms with Crippen LogP contribution in [0.1, 0.15) is 11.3 Å². The van der Waals surface area contributed by atoms with E-state index in [2.05, 4.69) is 5.16 Å². The van der Waals surface area contributed by atoms with Crippen molar-refractivity contribution in [3.05, 3.63) is 35.5 Å². The first kappa shape index (κ1) is 12.2. The average molecular weight is 247 g/mol. The molecule has 0 atom stereocenters. The highest BCUT2D eigenvalue weighted by atomic mass is 16.5. The second kappa shape index (κ2) is 4.91. The van der Waals surface area contributed by atoms with Gasteiger partial charge in [-0.3, -0.25) is 4.79 Å². The first-order chi connectivity index (χ1) is 8.61. The van der Waals surface area contributed by atoms with Gasteiger partial charge in [0.15, 0.2) is 5.76 Å². The second-order valence-electron chi connectivity index (χ2n) is 3.88. The lowest BCUT2D eigenvalue weighted by atomic mass is 10.0. The summed E-state index contributed by atoms with van der Waals surface area (Å²) < 4.78 is 10.3. The minimum absolute atomic E-state index is 0.109. The van der Waals surface area contributed by atoms with Crippen LogP contribution in [0.2, 0.25) is 0 Å². The molecular formula is C13H13NO4. The SMILES string of the molecule is COc1cccc(-c2onc(C)c2CC(=O)O)c1. The molecule has 0 amide bonds. The molecule has 0 unspecified atom stereocenters. The van der Waals surface area contributed by atoms with E-state index in [9.17, 15) is 4.79 Å². The molecule has 0 fully saturated rings. The Kier molecular flexibility index (Phi) is 3.32. The van der Waals surface area contributed by atoms with Gasteiger partial charge in [-0.05, 0) is 19.1 Å². The molecule has 18 heavy (non-hydrogen) atoms. The van der Waals surface area contributed by atoms with Gasteiger partial charge in [-0.15, -0.1) is 0 Å². The Bertz CT molecular complexity index is 574. The molecule has 0 aliphatic carbocycles. The molecule has 0 spiro atoms. The number of methoxy groups -OCH3 is 1. The van der Waals surface area contributed by atoms with Crippen LogP contribution in [0.15, 0.2) is 28.8 Å². The molecule has 1 aromatic heterocycles. The summed E-state index contributed by atoms with van der Waals surface area (Å²) in [6.45, 7) is 1.73. The maximum absolute atomic E-state index is 10.8. The zero-order valence-electron chi connectivity index (χ0n) is 10.1. The van der Waals surface area contributed by atoms with E-state index in [1.165, 1.54) is 0 Å². The topological polar surface area (TPSA) is 72.6 Å². The van der Waals surface area contributed by atoms with Gasteiger partial charge in [0.25, 0.3) is 0 Å². The summed E-state index contributed by atoms with van der Waals surface area (Å²) in [6, 6.07) is 7.24. The molecule has 0 aliphatic rings. The van der Waals surface area contributed by atoms with Crippen molar-refractivity contribution in [2.45, 2.75) is 13.3 Å². The highest BCUT2D eigenvalue weighted by Gasteiger charge is 2.17. The van der Waals surface area contributed by atoms with Gasteiger partial charge in [-0.2, -0.15) is 0 Å². The maximum atomic E-state index is 10.8. The number of nitrogens with zero attached hydrogens (tertiary/aromatic N) is 1. The summed E-state index contributed by atoms with van der Waals surface area (Å²) in [5.74, 6) is 0.252. The third-order valence-corrected chi connectivity index (χ3v) is 2.64. The highest BCUT2D eigenvalue weighted by molar-refractivity contribution is 5.75. The third-order valence-electron chi connectivity index (χ3n) is 2.64. The first-order valence-electron chi connectivity index (χ1n) is 5.43. The molecule has 1 aromatic carbocycles. The van der Waals surface area contributed by atoms with Crippen molar-refractivity contribution in [2.24, 2.45) is 0 Å². The molecule has 94 valence electrons. The predicted octanol–water partition coefficient (Wildman–Crippen LogP) is 2.29. The number of aliphatic carboxylic acids is 1. The number of hydrogen-bond acceptors (Lipinski definition) is 4. The quantitative estimate of drug-likeness (QED) is 0.897. The fraction of sp³-hybridized carbons (Fsp3) is 0.231.